The number of hydrogen-bond donors (Lipinski definition) is 2. The lowest BCUT2D eigenvalue weighted by Crippen LogP contribution is -2.55. The molecule has 3 aliphatic rings. The molecule has 2 aliphatic heterocycles. The molecule has 2 unspecified atom stereocenters. The van der Waals surface area contributed by atoms with E-state index in [9.17, 15) is 10.1 Å². The highest BCUT2D eigenvalue weighted by Gasteiger charge is 2.39. The van der Waals surface area contributed by atoms with Crippen molar-refractivity contribution in [2.45, 2.75) is 69.7 Å². The van der Waals surface area contributed by atoms with Crippen molar-refractivity contribution in [1.29, 1.82) is 5.26 Å². The second kappa shape index (κ2) is 9.67. The van der Waals surface area contributed by atoms with Crippen LogP contribution in [0.15, 0.2) is 29.4 Å². The third kappa shape index (κ3) is 4.71. The number of nitrogens with zero attached hydrogens (tertiary/aromatic N) is 4. The molecule has 1 aromatic carbocycles. The molecule has 0 spiro atoms. The van der Waals surface area contributed by atoms with E-state index in [1.807, 2.05) is 34.2 Å². The Morgan fingerprint density at radius 1 is 1.13 bits per heavy atom. The Balaban J connectivity index is 1.58. The van der Waals surface area contributed by atoms with Gasteiger partial charge in [-0.1, -0.05) is 49.4 Å². The molecule has 0 bridgehead atoms. The van der Waals surface area contributed by atoms with E-state index in [1.54, 1.807) is 0 Å². The van der Waals surface area contributed by atoms with Crippen LogP contribution < -0.4 is 10.6 Å². The molecule has 1 amide bonds. The van der Waals surface area contributed by atoms with Gasteiger partial charge < -0.3 is 4.90 Å². The van der Waals surface area contributed by atoms with Crippen LogP contribution in [0.1, 0.15) is 56.9 Å². The summed E-state index contributed by atoms with van der Waals surface area (Å²) in [7, 11) is 0. The molecule has 1 saturated carbocycles. The van der Waals surface area contributed by atoms with Crippen molar-refractivity contribution in [2.75, 3.05) is 13.1 Å². The van der Waals surface area contributed by atoms with Crippen molar-refractivity contribution in [1.82, 2.24) is 20.5 Å². The lowest BCUT2D eigenvalue weighted by molar-refractivity contribution is -0.128. The van der Waals surface area contributed by atoms with Gasteiger partial charge in [-0.3, -0.25) is 20.4 Å². The Labute approximate surface area is 183 Å². The number of halogens is 1. The van der Waals surface area contributed by atoms with Crippen molar-refractivity contribution >= 4 is 23.2 Å². The van der Waals surface area contributed by atoms with Crippen LogP contribution in [0.3, 0.4) is 0 Å². The SMILES string of the molecule is N#CNC(NC1CCCCCC1)N1CC(N2CCCC2=O)C(c2ccc(Cl)cc2)=N1. The molecule has 1 aromatic rings. The number of hydrogen-bond acceptors (Lipinski definition) is 6. The average molecular weight is 429 g/mol. The van der Waals surface area contributed by atoms with Crippen molar-refractivity contribution in [3.8, 4) is 6.19 Å². The molecule has 2 fully saturated rings. The molecule has 4 rings (SSSR count). The van der Waals surface area contributed by atoms with Crippen molar-refractivity contribution < 1.29 is 4.79 Å². The van der Waals surface area contributed by atoms with Gasteiger partial charge in [0.25, 0.3) is 0 Å². The third-order valence-corrected chi connectivity index (χ3v) is 6.54. The van der Waals surface area contributed by atoms with Gasteiger partial charge in [0, 0.05) is 29.6 Å². The summed E-state index contributed by atoms with van der Waals surface area (Å²) in [5.41, 5.74) is 1.81. The minimum absolute atomic E-state index is 0.125. The highest BCUT2D eigenvalue weighted by atomic mass is 35.5. The minimum atomic E-state index is -0.386. The third-order valence-electron chi connectivity index (χ3n) is 6.29. The molecule has 1 aliphatic carbocycles. The number of likely N-dealkylation sites (tertiary alicyclic amines) is 1. The average Bonchev–Trinajstić information content (AvgIpc) is 3.27. The zero-order valence-electron chi connectivity index (χ0n) is 17.2. The fourth-order valence-electron chi connectivity index (χ4n) is 4.72. The minimum Gasteiger partial charge on any atom is -0.332 e. The predicted octanol–water partition coefficient (Wildman–Crippen LogP) is 3.02. The number of carbonyl (C=O) groups is 1. The zero-order valence-corrected chi connectivity index (χ0v) is 17.9. The number of benzene rings is 1. The molecular formula is C22H29ClN6O. The number of nitriles is 1. The summed E-state index contributed by atoms with van der Waals surface area (Å²) < 4.78 is 0. The standard InChI is InChI=1S/C22H29ClN6O/c23-17-11-9-16(10-12-17)21-19(28-13-5-8-20(28)30)14-29(27-21)22(25-15-24)26-18-6-3-1-2-4-7-18/h9-12,18-19,22,25-26H,1-8,13-14H2. The molecule has 30 heavy (non-hydrogen) atoms. The smallest absolute Gasteiger partial charge is 0.223 e. The number of rotatable bonds is 6. The first-order valence-electron chi connectivity index (χ1n) is 11.0. The zero-order chi connectivity index (χ0) is 20.9. The first-order valence-corrected chi connectivity index (χ1v) is 11.3. The van der Waals surface area contributed by atoms with Crippen LogP contribution in [-0.2, 0) is 4.79 Å². The molecule has 0 aromatic heterocycles. The van der Waals surface area contributed by atoms with Crippen LogP contribution >= 0.6 is 11.6 Å². The molecule has 2 N–H and O–H groups in total. The van der Waals surface area contributed by atoms with Gasteiger partial charge in [0.2, 0.25) is 5.91 Å². The van der Waals surface area contributed by atoms with E-state index in [2.05, 4.69) is 16.8 Å². The van der Waals surface area contributed by atoms with E-state index in [-0.39, 0.29) is 18.2 Å². The van der Waals surface area contributed by atoms with Crippen LogP contribution in [0.2, 0.25) is 5.02 Å². The maximum absolute atomic E-state index is 12.5. The maximum atomic E-state index is 12.5. The van der Waals surface area contributed by atoms with Crippen LogP contribution in [0, 0.1) is 11.5 Å². The fourth-order valence-corrected chi connectivity index (χ4v) is 4.85. The topological polar surface area (TPSA) is 83.8 Å². The normalized spacial score (nSPS) is 23.8. The highest BCUT2D eigenvalue weighted by molar-refractivity contribution is 6.30. The number of amides is 1. The number of carbonyl (C=O) groups excluding carboxylic acids is 1. The summed E-state index contributed by atoms with van der Waals surface area (Å²) in [6.45, 7) is 1.30. The van der Waals surface area contributed by atoms with E-state index >= 15 is 0 Å². The van der Waals surface area contributed by atoms with Gasteiger partial charge in [0.15, 0.2) is 12.5 Å². The summed E-state index contributed by atoms with van der Waals surface area (Å²) in [6.07, 6.45) is 10.4. The molecule has 160 valence electrons. The highest BCUT2D eigenvalue weighted by Crippen LogP contribution is 2.26. The van der Waals surface area contributed by atoms with Gasteiger partial charge in [-0.25, -0.2) is 0 Å². The number of nitrogens with one attached hydrogen (secondary N) is 2. The molecule has 2 heterocycles. The summed E-state index contributed by atoms with van der Waals surface area (Å²) in [4.78, 5) is 14.4. The fraction of sp³-hybridized carbons (Fsp3) is 0.591. The Morgan fingerprint density at radius 3 is 2.50 bits per heavy atom. The van der Waals surface area contributed by atoms with E-state index in [0.717, 1.165) is 37.1 Å². The van der Waals surface area contributed by atoms with E-state index in [1.165, 1.54) is 25.7 Å². The molecule has 0 radical (unpaired) electrons. The van der Waals surface area contributed by atoms with Crippen LogP contribution in [-0.4, -0.2) is 53.0 Å². The molecule has 2 atom stereocenters. The Kier molecular flexibility index (Phi) is 6.76. The Hall–Kier alpha value is -2.30. The van der Waals surface area contributed by atoms with E-state index in [0.29, 0.717) is 24.0 Å². The molecular weight excluding hydrogens is 400 g/mol. The van der Waals surface area contributed by atoms with Gasteiger partial charge in [-0.2, -0.15) is 10.4 Å². The summed E-state index contributed by atoms with van der Waals surface area (Å²) in [5, 5.41) is 23.3. The summed E-state index contributed by atoms with van der Waals surface area (Å²) >= 11 is 6.08. The molecule has 7 nitrogen and oxygen atoms in total. The monoisotopic (exact) mass is 428 g/mol. The van der Waals surface area contributed by atoms with Crippen molar-refractivity contribution in [2.24, 2.45) is 5.10 Å². The van der Waals surface area contributed by atoms with Crippen LogP contribution in [0.4, 0.5) is 0 Å². The van der Waals surface area contributed by atoms with Gasteiger partial charge in [-0.05, 0) is 31.4 Å². The van der Waals surface area contributed by atoms with Crippen LogP contribution in [0.5, 0.6) is 0 Å². The summed E-state index contributed by atoms with van der Waals surface area (Å²) in [6, 6.07) is 7.83. The first kappa shape index (κ1) is 21.0. The second-order valence-electron chi connectivity index (χ2n) is 8.33. The summed E-state index contributed by atoms with van der Waals surface area (Å²) in [5.74, 6) is 0.171. The first-order chi connectivity index (χ1) is 14.7. The van der Waals surface area contributed by atoms with E-state index < -0.39 is 0 Å². The van der Waals surface area contributed by atoms with Gasteiger partial charge in [0.05, 0.1) is 18.3 Å². The van der Waals surface area contributed by atoms with Crippen LogP contribution in [0.25, 0.3) is 0 Å². The van der Waals surface area contributed by atoms with Gasteiger partial charge in [-0.15, -0.1) is 0 Å². The Bertz CT molecular complexity index is 812. The maximum Gasteiger partial charge on any atom is 0.223 e. The van der Waals surface area contributed by atoms with Gasteiger partial charge in [0.1, 0.15) is 0 Å². The van der Waals surface area contributed by atoms with E-state index in [4.69, 9.17) is 16.7 Å². The quantitative estimate of drug-likeness (QED) is 0.315. The lowest BCUT2D eigenvalue weighted by Gasteiger charge is -2.31. The molecule has 8 heteroatoms. The molecule has 1 saturated heterocycles. The van der Waals surface area contributed by atoms with Crippen molar-refractivity contribution in [3.05, 3.63) is 34.9 Å². The van der Waals surface area contributed by atoms with Crippen molar-refractivity contribution in [3.63, 3.8) is 0 Å². The number of hydrazone groups is 1. The van der Waals surface area contributed by atoms with Gasteiger partial charge >= 0.3 is 0 Å². The Morgan fingerprint density at radius 2 is 1.87 bits per heavy atom. The largest absolute Gasteiger partial charge is 0.332 e. The predicted molar refractivity (Wildman–Crippen MR) is 117 cm³/mol. The lowest BCUT2D eigenvalue weighted by atomic mass is 10.0. The second-order valence-corrected chi connectivity index (χ2v) is 8.77.